The van der Waals surface area contributed by atoms with Crippen LogP contribution in [0.4, 0.5) is 37.8 Å². The fourth-order valence-corrected chi connectivity index (χ4v) is 4.98. The number of hydrogen-bond acceptors (Lipinski definition) is 8. The summed E-state index contributed by atoms with van der Waals surface area (Å²) in [6, 6.07) is 8.95. The van der Waals surface area contributed by atoms with Gasteiger partial charge in [-0.15, -0.1) is 11.8 Å². The molecule has 1 fully saturated rings. The molecule has 4 aromatic rings. The summed E-state index contributed by atoms with van der Waals surface area (Å²) < 4.78 is 79.8. The second kappa shape index (κ2) is 10.4. The van der Waals surface area contributed by atoms with E-state index in [0.29, 0.717) is 12.3 Å². The van der Waals surface area contributed by atoms with Gasteiger partial charge in [0.2, 0.25) is 11.6 Å². The number of pyridine rings is 2. The van der Waals surface area contributed by atoms with Crippen molar-refractivity contribution in [1.82, 2.24) is 25.3 Å². The van der Waals surface area contributed by atoms with Gasteiger partial charge in [-0.3, -0.25) is 9.78 Å². The molecule has 202 valence electrons. The minimum Gasteiger partial charge on any atom is -0.340 e. The Morgan fingerprint density at radius 3 is 2.38 bits per heavy atom. The molecule has 1 aromatic carbocycles. The quantitative estimate of drug-likeness (QED) is 0.234. The number of benzene rings is 1. The molecule has 1 aliphatic heterocycles. The number of carbonyl (C=O) groups is 1. The van der Waals surface area contributed by atoms with Gasteiger partial charge in [-0.2, -0.15) is 26.3 Å². The number of nitrogens with one attached hydrogen (secondary N) is 2. The molecule has 2 N–H and O–H groups in total. The van der Waals surface area contributed by atoms with E-state index < -0.39 is 40.2 Å². The molecule has 0 spiro atoms. The second-order valence-corrected chi connectivity index (χ2v) is 9.80. The van der Waals surface area contributed by atoms with Crippen molar-refractivity contribution < 1.29 is 31.1 Å². The Morgan fingerprint density at radius 1 is 0.949 bits per heavy atom. The van der Waals surface area contributed by atoms with Crippen molar-refractivity contribution in [1.29, 1.82) is 0 Å². The van der Waals surface area contributed by atoms with E-state index in [1.165, 1.54) is 42.2 Å². The Morgan fingerprint density at radius 2 is 1.72 bits per heavy atom. The third-order valence-electron chi connectivity index (χ3n) is 5.83. The van der Waals surface area contributed by atoms with E-state index in [2.05, 4.69) is 30.6 Å². The third kappa shape index (κ3) is 5.81. The molecular weight excluding hydrogens is 546 g/mol. The maximum atomic E-state index is 13.6. The van der Waals surface area contributed by atoms with E-state index in [1.54, 1.807) is 0 Å². The van der Waals surface area contributed by atoms with Crippen molar-refractivity contribution in [3.05, 3.63) is 71.7 Å². The molecule has 1 saturated heterocycles. The lowest BCUT2D eigenvalue weighted by Crippen LogP contribution is -2.38. The van der Waals surface area contributed by atoms with Crippen LogP contribution in [0, 0.1) is 0 Å². The Balaban J connectivity index is 1.61. The molecule has 0 amide bonds. The molecule has 0 aliphatic carbocycles. The van der Waals surface area contributed by atoms with E-state index >= 15 is 0 Å². The Hall–Kier alpha value is -3.78. The smallest absolute Gasteiger partial charge is 0.340 e. The first-order valence-corrected chi connectivity index (χ1v) is 12.6. The van der Waals surface area contributed by atoms with Gasteiger partial charge in [0, 0.05) is 30.7 Å². The Bertz CT molecular complexity index is 1520. The predicted molar refractivity (Wildman–Crippen MR) is 134 cm³/mol. The number of hydrogen-bond donors (Lipinski definition) is 2. The number of Topliss-reactive ketones (excluding diaryl/α,β-unsaturated/α-hetero) is 1. The van der Waals surface area contributed by atoms with Crippen LogP contribution in [0.1, 0.15) is 21.7 Å². The van der Waals surface area contributed by atoms with Gasteiger partial charge in [-0.05, 0) is 48.5 Å². The normalized spacial score (nSPS) is 16.3. The number of aromatic nitrogens is 4. The maximum Gasteiger partial charge on any atom is 0.418 e. The van der Waals surface area contributed by atoms with Crippen LogP contribution < -0.4 is 10.6 Å². The van der Waals surface area contributed by atoms with E-state index in [0.717, 1.165) is 30.8 Å². The lowest BCUT2D eigenvalue weighted by atomic mass is 10.1. The van der Waals surface area contributed by atoms with Crippen LogP contribution in [0.3, 0.4) is 0 Å². The Labute approximate surface area is 221 Å². The van der Waals surface area contributed by atoms with Gasteiger partial charge in [-0.1, -0.05) is 0 Å². The van der Waals surface area contributed by atoms with Gasteiger partial charge in [-0.25, -0.2) is 15.0 Å². The zero-order chi connectivity index (χ0) is 27.8. The molecule has 5 rings (SSSR count). The van der Waals surface area contributed by atoms with Crippen molar-refractivity contribution in [2.24, 2.45) is 0 Å². The zero-order valence-electron chi connectivity index (χ0n) is 19.8. The number of fused-ring (bicyclic) bond motifs is 1. The van der Waals surface area contributed by atoms with Gasteiger partial charge in [0.15, 0.2) is 5.65 Å². The van der Waals surface area contributed by atoms with Crippen LogP contribution >= 0.6 is 11.8 Å². The summed E-state index contributed by atoms with van der Waals surface area (Å²) in [5, 5.41) is 5.75. The van der Waals surface area contributed by atoms with Crippen molar-refractivity contribution in [3.63, 3.8) is 0 Å². The molecule has 1 atom stereocenters. The average molecular weight is 565 g/mol. The third-order valence-corrected chi connectivity index (χ3v) is 7.05. The highest BCUT2D eigenvalue weighted by molar-refractivity contribution is 8.00. The molecular formula is C25H18F6N6OS. The SMILES string of the molecule is O=C(c1nc(Nc2ccc(C(F)(F)F)cc2)c2ccc(-c3ncccc3C(F)(F)F)nc2n1)C1CNCCS1. The second-order valence-electron chi connectivity index (χ2n) is 8.49. The number of halogens is 6. The summed E-state index contributed by atoms with van der Waals surface area (Å²) in [4.78, 5) is 30.0. The first-order chi connectivity index (χ1) is 18.5. The van der Waals surface area contributed by atoms with Crippen molar-refractivity contribution in [2.75, 3.05) is 24.2 Å². The van der Waals surface area contributed by atoms with Crippen LogP contribution in [0.15, 0.2) is 54.7 Å². The molecule has 7 nitrogen and oxygen atoms in total. The van der Waals surface area contributed by atoms with Crippen LogP contribution in [-0.2, 0) is 12.4 Å². The molecule has 0 radical (unpaired) electrons. The topological polar surface area (TPSA) is 92.7 Å². The first kappa shape index (κ1) is 26.8. The van der Waals surface area contributed by atoms with Crippen LogP contribution in [0.5, 0.6) is 0 Å². The zero-order valence-corrected chi connectivity index (χ0v) is 20.6. The minimum absolute atomic E-state index is 0.0630. The minimum atomic E-state index is -4.69. The number of rotatable bonds is 5. The summed E-state index contributed by atoms with van der Waals surface area (Å²) in [5.41, 5.74) is -2.21. The number of anilines is 2. The fraction of sp³-hybridized carbons (Fsp3) is 0.240. The molecule has 3 aromatic heterocycles. The van der Waals surface area contributed by atoms with Gasteiger partial charge < -0.3 is 10.6 Å². The first-order valence-electron chi connectivity index (χ1n) is 11.5. The lowest BCUT2D eigenvalue weighted by Gasteiger charge is -2.21. The van der Waals surface area contributed by atoms with Gasteiger partial charge in [0.1, 0.15) is 11.5 Å². The van der Waals surface area contributed by atoms with Crippen LogP contribution in [0.25, 0.3) is 22.4 Å². The largest absolute Gasteiger partial charge is 0.418 e. The van der Waals surface area contributed by atoms with Crippen molar-refractivity contribution >= 4 is 40.1 Å². The summed E-state index contributed by atoms with van der Waals surface area (Å²) in [7, 11) is 0. The number of carbonyl (C=O) groups excluding carboxylic acids is 1. The van der Waals surface area contributed by atoms with Crippen LogP contribution in [0.2, 0.25) is 0 Å². The fourth-order valence-electron chi connectivity index (χ4n) is 3.94. The molecule has 14 heteroatoms. The lowest BCUT2D eigenvalue weighted by molar-refractivity contribution is -0.138. The number of ketones is 1. The average Bonchev–Trinajstić information content (AvgIpc) is 2.92. The van der Waals surface area contributed by atoms with E-state index in [4.69, 9.17) is 0 Å². The summed E-state index contributed by atoms with van der Waals surface area (Å²) in [6.07, 6.45) is -8.00. The highest BCUT2D eigenvalue weighted by Gasteiger charge is 2.35. The summed E-state index contributed by atoms with van der Waals surface area (Å²) >= 11 is 1.42. The molecule has 0 bridgehead atoms. The molecule has 4 heterocycles. The summed E-state index contributed by atoms with van der Waals surface area (Å²) in [6.45, 7) is 1.10. The Kier molecular flexibility index (Phi) is 7.16. The van der Waals surface area contributed by atoms with Crippen LogP contribution in [-0.4, -0.2) is 49.8 Å². The monoisotopic (exact) mass is 564 g/mol. The van der Waals surface area contributed by atoms with Crippen molar-refractivity contribution in [3.8, 4) is 11.4 Å². The highest BCUT2D eigenvalue weighted by Crippen LogP contribution is 2.36. The van der Waals surface area contributed by atoms with Gasteiger partial charge >= 0.3 is 12.4 Å². The number of nitrogens with zero attached hydrogens (tertiary/aromatic N) is 4. The maximum absolute atomic E-state index is 13.6. The van der Waals surface area contributed by atoms with E-state index in [9.17, 15) is 31.1 Å². The standard InChI is InChI=1S/C25H18F6N6OS/c26-24(27,28)13-3-5-14(6-4-13)34-21-15-7-8-17(19-16(25(29,30)31)2-1-9-33-19)35-22(15)37-23(36-21)20(38)18-12-32-10-11-39-18/h1-9,18,32H,10-12H2,(H,34,35,36,37). The number of thioether (sulfide) groups is 1. The number of alkyl halides is 6. The van der Waals surface area contributed by atoms with Gasteiger partial charge in [0.25, 0.3) is 0 Å². The predicted octanol–water partition coefficient (Wildman–Crippen LogP) is 5.76. The molecule has 1 aliphatic rings. The van der Waals surface area contributed by atoms with Gasteiger partial charge in [0.05, 0.1) is 27.5 Å². The summed E-state index contributed by atoms with van der Waals surface area (Å²) in [5.74, 6) is 0.113. The van der Waals surface area contributed by atoms with E-state index in [-0.39, 0.29) is 34.1 Å². The molecule has 39 heavy (non-hydrogen) atoms. The molecule has 1 unspecified atom stereocenters. The molecule has 0 saturated carbocycles. The highest BCUT2D eigenvalue weighted by atomic mass is 32.2. The van der Waals surface area contributed by atoms with E-state index in [1.807, 2.05) is 0 Å². The van der Waals surface area contributed by atoms with Crippen molar-refractivity contribution in [2.45, 2.75) is 17.6 Å².